The molecule has 1 atom stereocenters. The molecule has 88 valence electrons. The highest BCUT2D eigenvalue weighted by Gasteiger charge is 2.15. The van der Waals surface area contributed by atoms with Crippen LogP contribution in [-0.4, -0.2) is 25.5 Å². The Bertz CT molecular complexity index is 324. The Morgan fingerprint density at radius 3 is 2.50 bits per heavy atom. The molecule has 1 amide bonds. The number of benzene rings is 1. The van der Waals surface area contributed by atoms with Crippen molar-refractivity contribution in [2.75, 3.05) is 18.5 Å². The Morgan fingerprint density at radius 1 is 1.38 bits per heavy atom. The van der Waals surface area contributed by atoms with Gasteiger partial charge < -0.3 is 10.2 Å². The van der Waals surface area contributed by atoms with Gasteiger partial charge in [0.2, 0.25) is 5.91 Å². The maximum absolute atomic E-state index is 11.9. The van der Waals surface area contributed by atoms with Crippen LogP contribution < -0.4 is 10.2 Å². The van der Waals surface area contributed by atoms with Gasteiger partial charge in [0.25, 0.3) is 0 Å². The Labute approximate surface area is 97.5 Å². The van der Waals surface area contributed by atoms with Crippen molar-refractivity contribution < 1.29 is 4.79 Å². The van der Waals surface area contributed by atoms with Crippen LogP contribution in [0, 0.1) is 0 Å². The summed E-state index contributed by atoms with van der Waals surface area (Å²) in [5.74, 6) is 0.160. The van der Waals surface area contributed by atoms with E-state index in [-0.39, 0.29) is 11.9 Å². The van der Waals surface area contributed by atoms with Gasteiger partial charge in [0.1, 0.15) is 0 Å². The van der Waals surface area contributed by atoms with Gasteiger partial charge in [-0.15, -0.1) is 0 Å². The molecule has 0 saturated heterocycles. The van der Waals surface area contributed by atoms with Crippen molar-refractivity contribution in [1.29, 1.82) is 0 Å². The van der Waals surface area contributed by atoms with Crippen LogP contribution in [0.2, 0.25) is 0 Å². The smallest absolute Gasteiger partial charge is 0.226 e. The summed E-state index contributed by atoms with van der Waals surface area (Å²) in [7, 11) is 1.91. The second-order valence-electron chi connectivity index (χ2n) is 3.88. The van der Waals surface area contributed by atoms with Gasteiger partial charge in [-0.1, -0.05) is 25.1 Å². The van der Waals surface area contributed by atoms with E-state index in [1.54, 1.807) is 0 Å². The quantitative estimate of drug-likeness (QED) is 0.823. The van der Waals surface area contributed by atoms with Gasteiger partial charge in [-0.25, -0.2) is 0 Å². The van der Waals surface area contributed by atoms with E-state index < -0.39 is 0 Å². The molecule has 0 radical (unpaired) electrons. The van der Waals surface area contributed by atoms with Crippen molar-refractivity contribution in [2.45, 2.75) is 26.3 Å². The first-order chi connectivity index (χ1) is 7.69. The van der Waals surface area contributed by atoms with Gasteiger partial charge in [-0.3, -0.25) is 4.79 Å². The van der Waals surface area contributed by atoms with Gasteiger partial charge in [0.05, 0.1) is 0 Å². The molecule has 3 nitrogen and oxygen atoms in total. The number of hydrogen-bond donors (Lipinski definition) is 1. The molecule has 1 N–H and O–H groups in total. The van der Waals surface area contributed by atoms with E-state index in [9.17, 15) is 4.79 Å². The predicted octanol–water partition coefficient (Wildman–Crippen LogP) is 2.04. The summed E-state index contributed by atoms with van der Waals surface area (Å²) >= 11 is 0. The summed E-state index contributed by atoms with van der Waals surface area (Å²) in [6, 6.07) is 10.1. The van der Waals surface area contributed by atoms with Gasteiger partial charge >= 0.3 is 0 Å². The third-order valence-corrected chi connectivity index (χ3v) is 2.62. The average Bonchev–Trinajstić information content (AvgIpc) is 2.35. The Morgan fingerprint density at radius 2 is 2.00 bits per heavy atom. The number of nitrogens with one attached hydrogen (secondary N) is 1. The van der Waals surface area contributed by atoms with E-state index in [2.05, 4.69) is 12.2 Å². The number of likely N-dealkylation sites (N-methyl/N-ethyl adjacent to an activating group) is 1. The fourth-order valence-corrected chi connectivity index (χ4v) is 1.52. The maximum atomic E-state index is 11.9. The Hall–Kier alpha value is -1.35. The Kier molecular flexibility index (Phi) is 4.99. The minimum atomic E-state index is 0.160. The van der Waals surface area contributed by atoms with Crippen LogP contribution in [0.3, 0.4) is 0 Å². The molecule has 1 aromatic carbocycles. The summed E-state index contributed by atoms with van der Waals surface area (Å²) in [4.78, 5) is 13.7. The standard InChI is InChI=1S/C13H20N2O/c1-4-13(16)15(10-11(2)14-3)12-8-6-5-7-9-12/h5-9,11,14H,4,10H2,1-3H3/t11-/m1/s1. The van der Waals surface area contributed by atoms with Crippen LogP contribution >= 0.6 is 0 Å². The van der Waals surface area contributed by atoms with Crippen LogP contribution in [-0.2, 0) is 4.79 Å². The number of carbonyl (C=O) groups excluding carboxylic acids is 1. The number of carbonyl (C=O) groups is 1. The summed E-state index contributed by atoms with van der Waals surface area (Å²) in [5.41, 5.74) is 0.969. The van der Waals surface area contributed by atoms with Crippen molar-refractivity contribution in [3.8, 4) is 0 Å². The zero-order valence-corrected chi connectivity index (χ0v) is 10.2. The minimum absolute atomic E-state index is 0.160. The number of hydrogen-bond acceptors (Lipinski definition) is 2. The number of nitrogens with zero attached hydrogens (tertiary/aromatic N) is 1. The molecule has 1 aromatic rings. The first-order valence-electron chi connectivity index (χ1n) is 5.71. The van der Waals surface area contributed by atoms with Crippen molar-refractivity contribution in [2.24, 2.45) is 0 Å². The molecule has 0 unspecified atom stereocenters. The molecule has 0 aliphatic heterocycles. The van der Waals surface area contributed by atoms with Gasteiger partial charge in [0, 0.05) is 24.7 Å². The average molecular weight is 220 g/mol. The van der Waals surface area contributed by atoms with Gasteiger partial charge in [-0.05, 0) is 26.1 Å². The SMILES string of the molecule is CCC(=O)N(C[C@@H](C)NC)c1ccccc1. The fraction of sp³-hybridized carbons (Fsp3) is 0.462. The number of rotatable bonds is 5. The lowest BCUT2D eigenvalue weighted by Crippen LogP contribution is -2.41. The third-order valence-electron chi connectivity index (χ3n) is 2.62. The maximum Gasteiger partial charge on any atom is 0.226 e. The highest BCUT2D eigenvalue weighted by molar-refractivity contribution is 5.93. The molecule has 0 fully saturated rings. The van der Waals surface area contributed by atoms with E-state index in [0.717, 1.165) is 5.69 Å². The molecular formula is C13H20N2O. The van der Waals surface area contributed by atoms with E-state index >= 15 is 0 Å². The van der Waals surface area contributed by atoms with Crippen LogP contribution in [0.4, 0.5) is 5.69 Å². The monoisotopic (exact) mass is 220 g/mol. The number of para-hydroxylation sites is 1. The highest BCUT2D eigenvalue weighted by atomic mass is 16.2. The van der Waals surface area contributed by atoms with Crippen molar-refractivity contribution in [3.63, 3.8) is 0 Å². The summed E-state index contributed by atoms with van der Waals surface area (Å²) in [6.07, 6.45) is 0.533. The minimum Gasteiger partial charge on any atom is -0.315 e. The van der Waals surface area contributed by atoms with E-state index in [1.807, 2.05) is 49.2 Å². The van der Waals surface area contributed by atoms with Gasteiger partial charge in [-0.2, -0.15) is 0 Å². The topological polar surface area (TPSA) is 32.3 Å². The zero-order valence-electron chi connectivity index (χ0n) is 10.2. The molecule has 0 saturated carbocycles. The van der Waals surface area contributed by atoms with Crippen LogP contribution in [0.5, 0.6) is 0 Å². The second-order valence-corrected chi connectivity index (χ2v) is 3.88. The molecular weight excluding hydrogens is 200 g/mol. The molecule has 0 aliphatic carbocycles. The lowest BCUT2D eigenvalue weighted by molar-refractivity contribution is -0.118. The fourth-order valence-electron chi connectivity index (χ4n) is 1.52. The van der Waals surface area contributed by atoms with Crippen molar-refractivity contribution in [1.82, 2.24) is 5.32 Å². The van der Waals surface area contributed by atoms with E-state index in [4.69, 9.17) is 0 Å². The zero-order chi connectivity index (χ0) is 12.0. The molecule has 1 rings (SSSR count). The number of anilines is 1. The number of amides is 1. The molecule has 0 aromatic heterocycles. The summed E-state index contributed by atoms with van der Waals surface area (Å²) in [5, 5.41) is 3.15. The molecule has 0 aliphatic rings. The van der Waals surface area contributed by atoms with Crippen molar-refractivity contribution >= 4 is 11.6 Å². The van der Waals surface area contributed by atoms with Crippen LogP contribution in [0.25, 0.3) is 0 Å². The lowest BCUT2D eigenvalue weighted by Gasteiger charge is -2.25. The second kappa shape index (κ2) is 6.28. The van der Waals surface area contributed by atoms with E-state index in [1.165, 1.54) is 0 Å². The first-order valence-corrected chi connectivity index (χ1v) is 5.71. The molecule has 16 heavy (non-hydrogen) atoms. The summed E-state index contributed by atoms with van der Waals surface area (Å²) < 4.78 is 0. The molecule has 3 heteroatoms. The van der Waals surface area contributed by atoms with Crippen LogP contribution in [0.1, 0.15) is 20.3 Å². The van der Waals surface area contributed by atoms with Crippen molar-refractivity contribution in [3.05, 3.63) is 30.3 Å². The predicted molar refractivity (Wildman–Crippen MR) is 67.6 cm³/mol. The first kappa shape index (κ1) is 12.7. The molecule has 0 spiro atoms. The Balaban J connectivity index is 2.84. The normalized spacial score (nSPS) is 12.2. The largest absolute Gasteiger partial charge is 0.315 e. The molecule has 0 bridgehead atoms. The van der Waals surface area contributed by atoms with Gasteiger partial charge in [0.15, 0.2) is 0 Å². The lowest BCUT2D eigenvalue weighted by atomic mass is 10.2. The summed E-state index contributed by atoms with van der Waals surface area (Å²) in [6.45, 7) is 4.66. The molecule has 0 heterocycles. The highest BCUT2D eigenvalue weighted by Crippen LogP contribution is 2.14. The van der Waals surface area contributed by atoms with Crippen LogP contribution in [0.15, 0.2) is 30.3 Å². The third kappa shape index (κ3) is 3.35. The van der Waals surface area contributed by atoms with E-state index in [0.29, 0.717) is 13.0 Å².